The summed E-state index contributed by atoms with van der Waals surface area (Å²) in [7, 11) is 0. The van der Waals surface area contributed by atoms with Crippen molar-refractivity contribution in [3.63, 3.8) is 0 Å². The maximum atomic E-state index is 11.2. The van der Waals surface area contributed by atoms with Gasteiger partial charge in [-0.15, -0.1) is 0 Å². The molecular formula is C10H10INO4. The Kier molecular flexibility index (Phi) is 4.22. The molecule has 86 valence electrons. The summed E-state index contributed by atoms with van der Waals surface area (Å²) in [5.74, 6) is -0.00236. The van der Waals surface area contributed by atoms with Crippen LogP contribution in [0.2, 0.25) is 0 Å². The Balaban J connectivity index is 3.41. The zero-order valence-electron chi connectivity index (χ0n) is 8.82. The number of carbonyl (C=O) groups is 1. The van der Waals surface area contributed by atoms with E-state index in [1.54, 1.807) is 35.6 Å². The summed E-state index contributed by atoms with van der Waals surface area (Å²) in [5, 5.41) is 10.9. The highest BCUT2D eigenvalue weighted by atomic mass is 127. The lowest BCUT2D eigenvalue weighted by Crippen LogP contribution is -2.04. The lowest BCUT2D eigenvalue weighted by molar-refractivity contribution is -0.386. The van der Waals surface area contributed by atoms with E-state index >= 15 is 0 Å². The van der Waals surface area contributed by atoms with Crippen LogP contribution in [0.1, 0.15) is 24.2 Å². The average Bonchev–Trinajstić information content (AvgIpc) is 2.17. The monoisotopic (exact) mass is 335 g/mol. The molecule has 0 saturated carbocycles. The molecule has 1 aromatic carbocycles. The molecule has 0 bridgehead atoms. The third-order valence-corrected chi connectivity index (χ3v) is 3.03. The van der Waals surface area contributed by atoms with E-state index in [0.29, 0.717) is 15.7 Å². The number of nitro groups is 1. The van der Waals surface area contributed by atoms with Gasteiger partial charge in [0.05, 0.1) is 11.5 Å². The highest BCUT2D eigenvalue weighted by Crippen LogP contribution is 2.34. The summed E-state index contributed by atoms with van der Waals surface area (Å²) in [6.45, 7) is 3.47. The standard InChI is InChI=1S/C10H10INO4/c1-3-16-8-5-4-7(6(2)13)9(11)10(8)12(14)15/h4-5H,3H2,1-2H3. The minimum atomic E-state index is -0.529. The Morgan fingerprint density at radius 1 is 1.56 bits per heavy atom. The van der Waals surface area contributed by atoms with Gasteiger partial charge in [-0.05, 0) is 48.6 Å². The number of carbonyl (C=O) groups excluding carboxylic acids is 1. The van der Waals surface area contributed by atoms with Gasteiger partial charge in [-0.2, -0.15) is 0 Å². The summed E-state index contributed by atoms with van der Waals surface area (Å²) in [6.07, 6.45) is 0. The molecule has 0 heterocycles. The first-order chi connectivity index (χ1) is 7.49. The number of ketones is 1. The van der Waals surface area contributed by atoms with Gasteiger partial charge in [-0.25, -0.2) is 0 Å². The minimum absolute atomic E-state index is 0.143. The Labute approximate surface area is 106 Å². The highest BCUT2D eigenvalue weighted by Gasteiger charge is 2.23. The van der Waals surface area contributed by atoms with Crippen molar-refractivity contribution < 1.29 is 14.5 Å². The van der Waals surface area contributed by atoms with E-state index in [1.807, 2.05) is 0 Å². The van der Waals surface area contributed by atoms with Crippen LogP contribution in [0.25, 0.3) is 0 Å². The average molecular weight is 335 g/mol. The van der Waals surface area contributed by atoms with Crippen LogP contribution in [0.15, 0.2) is 12.1 Å². The Bertz CT molecular complexity index is 445. The van der Waals surface area contributed by atoms with Gasteiger partial charge in [-0.3, -0.25) is 14.9 Å². The Morgan fingerprint density at radius 3 is 2.62 bits per heavy atom. The van der Waals surface area contributed by atoms with Crippen LogP contribution in [-0.2, 0) is 0 Å². The first-order valence-corrected chi connectivity index (χ1v) is 5.67. The number of nitrogens with zero attached hydrogens (tertiary/aromatic N) is 1. The van der Waals surface area contributed by atoms with E-state index in [4.69, 9.17) is 4.74 Å². The van der Waals surface area contributed by atoms with E-state index in [-0.39, 0.29) is 17.2 Å². The molecule has 0 atom stereocenters. The molecule has 6 heteroatoms. The lowest BCUT2D eigenvalue weighted by atomic mass is 10.1. The van der Waals surface area contributed by atoms with Crippen molar-refractivity contribution in [2.45, 2.75) is 13.8 Å². The SMILES string of the molecule is CCOc1ccc(C(C)=O)c(I)c1[N+](=O)[O-]. The van der Waals surface area contributed by atoms with Gasteiger partial charge in [0.25, 0.3) is 0 Å². The highest BCUT2D eigenvalue weighted by molar-refractivity contribution is 14.1. The van der Waals surface area contributed by atoms with E-state index in [0.717, 1.165) is 0 Å². The fourth-order valence-corrected chi connectivity index (χ4v) is 2.28. The predicted molar refractivity (Wildman–Crippen MR) is 67.0 cm³/mol. The first-order valence-electron chi connectivity index (χ1n) is 4.59. The van der Waals surface area contributed by atoms with Crippen LogP contribution in [0.3, 0.4) is 0 Å². The molecule has 0 unspecified atom stereocenters. The van der Waals surface area contributed by atoms with Crippen molar-refractivity contribution in [3.05, 3.63) is 31.4 Å². The van der Waals surface area contributed by atoms with Crippen molar-refractivity contribution in [3.8, 4) is 5.75 Å². The van der Waals surface area contributed by atoms with Gasteiger partial charge in [0, 0.05) is 5.56 Å². The molecule has 0 amide bonds. The maximum absolute atomic E-state index is 11.2. The first kappa shape index (κ1) is 12.9. The zero-order chi connectivity index (χ0) is 12.3. The summed E-state index contributed by atoms with van der Waals surface area (Å²) in [6, 6.07) is 3.00. The number of ether oxygens (including phenoxy) is 1. The van der Waals surface area contributed by atoms with Crippen LogP contribution >= 0.6 is 22.6 Å². The molecular weight excluding hydrogens is 325 g/mol. The molecule has 1 aromatic rings. The van der Waals surface area contributed by atoms with E-state index in [1.165, 1.54) is 13.0 Å². The van der Waals surface area contributed by atoms with Gasteiger partial charge in [-0.1, -0.05) is 0 Å². The van der Waals surface area contributed by atoms with Crippen molar-refractivity contribution in [1.82, 2.24) is 0 Å². The van der Waals surface area contributed by atoms with Gasteiger partial charge >= 0.3 is 5.69 Å². The van der Waals surface area contributed by atoms with E-state index in [2.05, 4.69) is 0 Å². The van der Waals surface area contributed by atoms with E-state index in [9.17, 15) is 14.9 Å². The third kappa shape index (κ3) is 2.49. The van der Waals surface area contributed by atoms with Gasteiger partial charge < -0.3 is 4.74 Å². The molecule has 0 aliphatic heterocycles. The number of halogens is 1. The molecule has 5 nitrogen and oxygen atoms in total. The van der Waals surface area contributed by atoms with Crippen molar-refractivity contribution in [2.24, 2.45) is 0 Å². The number of rotatable bonds is 4. The number of hydrogen-bond donors (Lipinski definition) is 0. The van der Waals surface area contributed by atoms with Crippen LogP contribution < -0.4 is 4.74 Å². The second-order valence-electron chi connectivity index (χ2n) is 3.02. The second-order valence-corrected chi connectivity index (χ2v) is 4.10. The number of hydrogen-bond acceptors (Lipinski definition) is 4. The molecule has 0 aliphatic rings. The van der Waals surface area contributed by atoms with Crippen LogP contribution in [0.4, 0.5) is 5.69 Å². The predicted octanol–water partition coefficient (Wildman–Crippen LogP) is 2.80. The van der Waals surface area contributed by atoms with E-state index < -0.39 is 4.92 Å². The number of nitro benzene ring substituents is 1. The summed E-state index contributed by atoms with van der Waals surface area (Å²) in [5.41, 5.74) is 0.200. The Hall–Kier alpha value is -1.18. The normalized spacial score (nSPS) is 9.94. The molecule has 1 rings (SSSR count). The Morgan fingerprint density at radius 2 is 2.19 bits per heavy atom. The minimum Gasteiger partial charge on any atom is -0.487 e. The molecule has 0 aromatic heterocycles. The van der Waals surface area contributed by atoms with Crippen molar-refractivity contribution in [1.29, 1.82) is 0 Å². The molecule has 0 saturated heterocycles. The second kappa shape index (κ2) is 5.24. The van der Waals surface area contributed by atoms with Crippen molar-refractivity contribution >= 4 is 34.1 Å². The molecule has 0 aliphatic carbocycles. The zero-order valence-corrected chi connectivity index (χ0v) is 11.0. The van der Waals surface area contributed by atoms with Crippen LogP contribution in [0.5, 0.6) is 5.75 Å². The number of benzene rings is 1. The third-order valence-electron chi connectivity index (χ3n) is 1.94. The van der Waals surface area contributed by atoms with Gasteiger partial charge in [0.15, 0.2) is 11.5 Å². The maximum Gasteiger partial charge on any atom is 0.324 e. The summed E-state index contributed by atoms with van der Waals surface area (Å²) < 4.78 is 5.48. The van der Waals surface area contributed by atoms with Gasteiger partial charge in [0.2, 0.25) is 0 Å². The molecule has 0 N–H and O–H groups in total. The van der Waals surface area contributed by atoms with Gasteiger partial charge in [0.1, 0.15) is 3.57 Å². The molecule has 0 fully saturated rings. The lowest BCUT2D eigenvalue weighted by Gasteiger charge is -2.07. The molecule has 0 spiro atoms. The fourth-order valence-electron chi connectivity index (χ4n) is 1.26. The van der Waals surface area contributed by atoms with Crippen molar-refractivity contribution in [2.75, 3.05) is 6.61 Å². The molecule has 16 heavy (non-hydrogen) atoms. The van der Waals surface area contributed by atoms with Crippen LogP contribution in [0, 0.1) is 13.7 Å². The summed E-state index contributed by atoms with van der Waals surface area (Å²) in [4.78, 5) is 21.6. The smallest absolute Gasteiger partial charge is 0.324 e. The molecule has 0 radical (unpaired) electrons. The summed E-state index contributed by atoms with van der Waals surface area (Å²) >= 11 is 1.79. The topological polar surface area (TPSA) is 69.4 Å². The fraction of sp³-hybridized carbons (Fsp3) is 0.300. The number of Topliss-reactive ketones (excluding diaryl/α,β-unsaturated/α-hetero) is 1. The largest absolute Gasteiger partial charge is 0.487 e. The quantitative estimate of drug-likeness (QED) is 0.367. The van der Waals surface area contributed by atoms with Crippen LogP contribution in [-0.4, -0.2) is 17.3 Å².